The SMILES string of the molecule is Oc1cc2c(cc1-c1ccc(C(F)(F)F)cc1)C[C@@H]1NCC[C@]23CCCC[C@H]13. The Hall–Kier alpha value is -2.01. The van der Waals surface area contributed by atoms with E-state index in [1.54, 1.807) is 0 Å². The molecule has 0 spiro atoms. The Morgan fingerprint density at radius 3 is 2.57 bits per heavy atom. The van der Waals surface area contributed by atoms with Gasteiger partial charge in [0.05, 0.1) is 5.56 Å². The van der Waals surface area contributed by atoms with Crippen LogP contribution in [0.4, 0.5) is 13.2 Å². The summed E-state index contributed by atoms with van der Waals surface area (Å²) in [5, 5.41) is 14.5. The van der Waals surface area contributed by atoms with E-state index in [2.05, 4.69) is 5.32 Å². The molecule has 3 aliphatic rings. The summed E-state index contributed by atoms with van der Waals surface area (Å²) in [7, 11) is 0. The second-order valence-corrected chi connectivity index (χ2v) is 8.62. The molecule has 0 unspecified atom stereocenters. The van der Waals surface area contributed by atoms with Crippen LogP contribution in [-0.2, 0) is 18.0 Å². The number of halogens is 3. The maximum Gasteiger partial charge on any atom is 0.416 e. The Kier molecular flexibility index (Phi) is 4.02. The highest BCUT2D eigenvalue weighted by atomic mass is 19.4. The first-order valence-electron chi connectivity index (χ1n) is 10.2. The van der Waals surface area contributed by atoms with Crippen molar-refractivity contribution in [2.75, 3.05) is 6.54 Å². The van der Waals surface area contributed by atoms with Gasteiger partial charge in [-0.05, 0) is 79.1 Å². The highest BCUT2D eigenvalue weighted by Gasteiger charge is 2.51. The summed E-state index contributed by atoms with van der Waals surface area (Å²) in [4.78, 5) is 0. The molecule has 0 aromatic heterocycles. The van der Waals surface area contributed by atoms with Crippen LogP contribution in [0, 0.1) is 5.92 Å². The van der Waals surface area contributed by atoms with E-state index in [0.29, 0.717) is 23.1 Å². The number of fused-ring (bicyclic) bond motifs is 1. The molecule has 2 nitrogen and oxygen atoms in total. The van der Waals surface area contributed by atoms with E-state index in [1.807, 2.05) is 12.1 Å². The molecule has 0 amide bonds. The van der Waals surface area contributed by atoms with Crippen LogP contribution >= 0.6 is 0 Å². The number of alkyl halides is 3. The number of hydrogen-bond donors (Lipinski definition) is 2. The molecule has 2 aliphatic carbocycles. The summed E-state index contributed by atoms with van der Waals surface area (Å²) in [6.45, 7) is 1.02. The molecule has 5 rings (SSSR count). The highest BCUT2D eigenvalue weighted by molar-refractivity contribution is 5.73. The van der Waals surface area contributed by atoms with Gasteiger partial charge in [0.1, 0.15) is 5.75 Å². The zero-order valence-electron chi connectivity index (χ0n) is 15.6. The Balaban J connectivity index is 1.58. The highest BCUT2D eigenvalue weighted by Crippen LogP contribution is 2.55. The summed E-state index contributed by atoms with van der Waals surface area (Å²) in [5.74, 6) is 0.799. The van der Waals surface area contributed by atoms with E-state index in [4.69, 9.17) is 0 Å². The molecule has 148 valence electrons. The van der Waals surface area contributed by atoms with Crippen molar-refractivity contribution in [3.63, 3.8) is 0 Å². The van der Waals surface area contributed by atoms with Crippen LogP contribution in [-0.4, -0.2) is 17.7 Å². The second-order valence-electron chi connectivity index (χ2n) is 8.62. The zero-order valence-corrected chi connectivity index (χ0v) is 15.6. The topological polar surface area (TPSA) is 32.3 Å². The number of phenols is 1. The molecular weight excluding hydrogens is 363 g/mol. The fourth-order valence-electron chi connectivity index (χ4n) is 6.04. The van der Waals surface area contributed by atoms with E-state index >= 15 is 0 Å². The van der Waals surface area contributed by atoms with Crippen LogP contribution in [0.1, 0.15) is 48.8 Å². The average Bonchev–Trinajstić information content (AvgIpc) is 2.68. The lowest BCUT2D eigenvalue weighted by Crippen LogP contribution is -2.59. The molecule has 2 fully saturated rings. The van der Waals surface area contributed by atoms with Gasteiger partial charge in [0.15, 0.2) is 0 Å². The minimum Gasteiger partial charge on any atom is -0.507 e. The van der Waals surface area contributed by atoms with Crippen molar-refractivity contribution in [1.29, 1.82) is 0 Å². The van der Waals surface area contributed by atoms with Gasteiger partial charge in [-0.25, -0.2) is 0 Å². The number of hydrogen-bond acceptors (Lipinski definition) is 2. The van der Waals surface area contributed by atoms with Gasteiger partial charge in [0, 0.05) is 17.0 Å². The largest absolute Gasteiger partial charge is 0.507 e. The Bertz CT molecular complexity index is 901. The molecule has 2 N–H and O–H groups in total. The van der Waals surface area contributed by atoms with E-state index < -0.39 is 11.7 Å². The normalized spacial score (nSPS) is 29.1. The fourth-order valence-corrected chi connectivity index (χ4v) is 6.04. The predicted octanol–water partition coefficient (Wildman–Crippen LogP) is 5.42. The van der Waals surface area contributed by atoms with Crippen molar-refractivity contribution < 1.29 is 18.3 Å². The standard InChI is InChI=1S/C23H24F3NO/c24-23(25,26)16-6-4-14(5-7-16)17-11-15-12-20-18-3-1-2-8-22(18,9-10-27-20)19(15)13-21(17)28/h4-7,11,13,18,20,27-28H,1-3,8-10,12H2/t18-,20+,22+/m1/s1. The van der Waals surface area contributed by atoms with Crippen molar-refractivity contribution in [2.45, 2.75) is 56.2 Å². The van der Waals surface area contributed by atoms with Crippen molar-refractivity contribution in [2.24, 2.45) is 5.92 Å². The summed E-state index contributed by atoms with van der Waals surface area (Å²) in [5.41, 5.74) is 3.24. The number of rotatable bonds is 1. The molecule has 1 saturated carbocycles. The van der Waals surface area contributed by atoms with Gasteiger partial charge >= 0.3 is 6.18 Å². The lowest BCUT2D eigenvalue weighted by molar-refractivity contribution is -0.137. The third-order valence-electron chi connectivity index (χ3n) is 7.28. The first kappa shape index (κ1) is 18.0. The van der Waals surface area contributed by atoms with Crippen LogP contribution in [0.3, 0.4) is 0 Å². The summed E-state index contributed by atoms with van der Waals surface area (Å²) < 4.78 is 38.6. The van der Waals surface area contributed by atoms with Crippen LogP contribution in [0.5, 0.6) is 5.75 Å². The van der Waals surface area contributed by atoms with Crippen molar-refractivity contribution in [3.8, 4) is 16.9 Å². The molecule has 5 heteroatoms. The summed E-state index contributed by atoms with van der Waals surface area (Å²) in [6, 6.07) is 9.47. The lowest BCUT2D eigenvalue weighted by atomic mass is 9.52. The number of aromatic hydroxyl groups is 1. The lowest BCUT2D eigenvalue weighted by Gasteiger charge is -2.56. The van der Waals surface area contributed by atoms with E-state index in [1.165, 1.54) is 48.9 Å². The third-order valence-corrected chi connectivity index (χ3v) is 7.28. The molecule has 0 radical (unpaired) electrons. The minimum atomic E-state index is -4.35. The molecule has 3 atom stereocenters. The Morgan fingerprint density at radius 2 is 1.82 bits per heavy atom. The zero-order chi connectivity index (χ0) is 19.5. The first-order chi connectivity index (χ1) is 13.4. The number of benzene rings is 2. The van der Waals surface area contributed by atoms with Gasteiger partial charge in [-0.1, -0.05) is 25.0 Å². The van der Waals surface area contributed by atoms with E-state index in [0.717, 1.165) is 31.5 Å². The van der Waals surface area contributed by atoms with Crippen LogP contribution in [0.2, 0.25) is 0 Å². The van der Waals surface area contributed by atoms with Gasteiger partial charge in [-0.3, -0.25) is 0 Å². The Labute approximate surface area is 162 Å². The third kappa shape index (κ3) is 2.66. The van der Waals surface area contributed by atoms with Crippen LogP contribution in [0.25, 0.3) is 11.1 Å². The van der Waals surface area contributed by atoms with Crippen LogP contribution in [0.15, 0.2) is 36.4 Å². The van der Waals surface area contributed by atoms with Gasteiger partial charge in [-0.15, -0.1) is 0 Å². The fraction of sp³-hybridized carbons (Fsp3) is 0.478. The van der Waals surface area contributed by atoms with Gasteiger partial charge in [-0.2, -0.15) is 13.2 Å². The minimum absolute atomic E-state index is 0.151. The molecule has 1 aliphatic heterocycles. The van der Waals surface area contributed by atoms with Gasteiger partial charge in [0.2, 0.25) is 0 Å². The maximum atomic E-state index is 12.9. The Morgan fingerprint density at radius 1 is 1.04 bits per heavy atom. The quantitative estimate of drug-likeness (QED) is 0.684. The summed E-state index contributed by atoms with van der Waals surface area (Å²) in [6.07, 6.45) is 2.57. The molecule has 2 bridgehead atoms. The van der Waals surface area contributed by atoms with Crippen molar-refractivity contribution in [3.05, 3.63) is 53.1 Å². The molecule has 2 aromatic carbocycles. The molecule has 1 heterocycles. The average molecular weight is 387 g/mol. The van der Waals surface area contributed by atoms with Crippen LogP contribution < -0.4 is 5.32 Å². The smallest absolute Gasteiger partial charge is 0.416 e. The van der Waals surface area contributed by atoms with Gasteiger partial charge in [0.25, 0.3) is 0 Å². The number of phenolic OH excluding ortho intramolecular Hbond substituents is 1. The van der Waals surface area contributed by atoms with Crippen molar-refractivity contribution >= 4 is 0 Å². The molecule has 2 aromatic rings. The van der Waals surface area contributed by atoms with Crippen molar-refractivity contribution in [1.82, 2.24) is 5.32 Å². The van der Waals surface area contributed by atoms with E-state index in [9.17, 15) is 18.3 Å². The first-order valence-corrected chi connectivity index (χ1v) is 10.2. The predicted molar refractivity (Wildman–Crippen MR) is 102 cm³/mol. The molecule has 1 saturated heterocycles. The number of piperidine rings is 1. The molecular formula is C23H24F3NO. The van der Waals surface area contributed by atoms with Gasteiger partial charge < -0.3 is 10.4 Å². The molecule has 28 heavy (non-hydrogen) atoms. The van der Waals surface area contributed by atoms with E-state index in [-0.39, 0.29) is 11.2 Å². The monoisotopic (exact) mass is 387 g/mol. The number of nitrogens with one attached hydrogen (secondary N) is 1. The summed E-state index contributed by atoms with van der Waals surface area (Å²) >= 11 is 0. The maximum absolute atomic E-state index is 12.9. The second kappa shape index (κ2) is 6.24.